The molecule has 0 bridgehead atoms. The molecule has 1 saturated heterocycles. The molecular weight excluding hydrogens is 523 g/mol. The summed E-state index contributed by atoms with van der Waals surface area (Å²) in [6.45, 7) is 5.49. The van der Waals surface area contributed by atoms with Gasteiger partial charge < -0.3 is 15.7 Å². The lowest BCUT2D eigenvalue weighted by Gasteiger charge is -2.48. The molecule has 1 amide bonds. The van der Waals surface area contributed by atoms with Crippen molar-refractivity contribution in [2.45, 2.75) is 49.5 Å². The number of carbonyl (C=O) groups excluding carboxylic acids is 1. The van der Waals surface area contributed by atoms with E-state index in [2.05, 4.69) is 22.1 Å². The van der Waals surface area contributed by atoms with Crippen molar-refractivity contribution >= 4 is 16.9 Å². The highest BCUT2D eigenvalue weighted by Gasteiger charge is 2.40. The number of benzene rings is 1. The molecule has 40 heavy (non-hydrogen) atoms. The molecule has 3 N–H and O–H groups in total. The summed E-state index contributed by atoms with van der Waals surface area (Å²) in [6, 6.07) is 6.09. The lowest BCUT2D eigenvalue weighted by atomic mass is 9.76. The number of halogens is 3. The van der Waals surface area contributed by atoms with Crippen LogP contribution in [0.3, 0.4) is 0 Å². The predicted octanol–water partition coefficient (Wildman–Crippen LogP) is 2.63. The van der Waals surface area contributed by atoms with Gasteiger partial charge in [0.05, 0.1) is 34.8 Å². The van der Waals surface area contributed by atoms with Crippen LogP contribution in [-0.4, -0.2) is 69.5 Å². The van der Waals surface area contributed by atoms with Gasteiger partial charge in [0.2, 0.25) is 5.91 Å². The van der Waals surface area contributed by atoms with Crippen molar-refractivity contribution in [1.29, 1.82) is 0 Å². The van der Waals surface area contributed by atoms with Crippen molar-refractivity contribution < 1.29 is 23.1 Å². The molecule has 2 aromatic rings. The smallest absolute Gasteiger partial charge is 0.385 e. The van der Waals surface area contributed by atoms with Crippen LogP contribution >= 0.6 is 0 Å². The minimum atomic E-state index is -4.41. The summed E-state index contributed by atoms with van der Waals surface area (Å²) >= 11 is 0. The van der Waals surface area contributed by atoms with Gasteiger partial charge in [-0.2, -0.15) is 13.2 Å². The first-order chi connectivity index (χ1) is 18.9. The van der Waals surface area contributed by atoms with Crippen LogP contribution in [0.25, 0.3) is 11.0 Å². The third-order valence-corrected chi connectivity index (χ3v) is 8.69. The molecule has 3 aliphatic rings. The number of allylic oxidation sites excluding steroid dienone is 3. The SMILES string of the molecule is C=C1C=CC(C(F)(F)F)=CC1CNCC(=O)NC1CN(C2CCC(O)(c3ccc4c(c3)n(C)c(=O)n4C)CC2)C1. The number of aromatic nitrogens is 2. The Kier molecular flexibility index (Phi) is 7.58. The van der Waals surface area contributed by atoms with E-state index >= 15 is 0 Å². The number of fused-ring (bicyclic) bond motifs is 1. The highest BCUT2D eigenvalue weighted by Crippen LogP contribution is 2.40. The zero-order valence-electron chi connectivity index (χ0n) is 22.8. The summed E-state index contributed by atoms with van der Waals surface area (Å²) in [4.78, 5) is 27.0. The van der Waals surface area contributed by atoms with E-state index in [1.165, 1.54) is 6.08 Å². The van der Waals surface area contributed by atoms with Crippen LogP contribution in [0.1, 0.15) is 31.2 Å². The number of nitrogens with one attached hydrogen (secondary N) is 2. The summed E-state index contributed by atoms with van der Waals surface area (Å²) in [7, 11) is 3.48. The molecule has 5 rings (SSSR count). The summed E-state index contributed by atoms with van der Waals surface area (Å²) in [5, 5.41) is 17.4. The van der Waals surface area contributed by atoms with Gasteiger partial charge >= 0.3 is 11.9 Å². The molecule has 1 aliphatic heterocycles. The molecule has 2 fully saturated rings. The van der Waals surface area contributed by atoms with E-state index in [4.69, 9.17) is 0 Å². The second-order valence-electron chi connectivity index (χ2n) is 11.4. The molecule has 8 nitrogen and oxygen atoms in total. The number of likely N-dealkylation sites (tertiary alicyclic amines) is 1. The fourth-order valence-electron chi connectivity index (χ4n) is 6.13. The highest BCUT2D eigenvalue weighted by atomic mass is 19.4. The van der Waals surface area contributed by atoms with E-state index in [0.29, 0.717) is 24.5 Å². The zero-order valence-corrected chi connectivity index (χ0v) is 22.8. The minimum absolute atomic E-state index is 0.0208. The maximum absolute atomic E-state index is 13.0. The topological polar surface area (TPSA) is 91.5 Å². The minimum Gasteiger partial charge on any atom is -0.385 e. The third kappa shape index (κ3) is 5.55. The predicted molar refractivity (Wildman–Crippen MR) is 147 cm³/mol. The van der Waals surface area contributed by atoms with Crippen LogP contribution in [0.15, 0.2) is 58.9 Å². The molecule has 11 heteroatoms. The molecule has 1 aromatic carbocycles. The van der Waals surface area contributed by atoms with Gasteiger partial charge in [0.1, 0.15) is 0 Å². The fraction of sp³-hybridized carbons (Fsp3) is 0.517. The van der Waals surface area contributed by atoms with E-state index in [0.717, 1.165) is 54.7 Å². The van der Waals surface area contributed by atoms with Crippen molar-refractivity contribution in [1.82, 2.24) is 24.7 Å². The van der Waals surface area contributed by atoms with Crippen LogP contribution in [0.2, 0.25) is 0 Å². The summed E-state index contributed by atoms with van der Waals surface area (Å²) in [6.07, 6.45) is 2.03. The second-order valence-corrected chi connectivity index (χ2v) is 11.4. The molecule has 1 unspecified atom stereocenters. The maximum Gasteiger partial charge on any atom is 0.416 e. The lowest BCUT2D eigenvalue weighted by Crippen LogP contribution is -2.63. The average Bonchev–Trinajstić information content (AvgIpc) is 3.10. The van der Waals surface area contributed by atoms with E-state index in [1.54, 1.807) is 23.2 Å². The highest BCUT2D eigenvalue weighted by molar-refractivity contribution is 5.78. The molecule has 216 valence electrons. The summed E-state index contributed by atoms with van der Waals surface area (Å²) in [5.41, 5.74) is 1.31. The van der Waals surface area contributed by atoms with Crippen molar-refractivity contribution in [3.63, 3.8) is 0 Å². The zero-order chi connectivity index (χ0) is 28.8. The summed E-state index contributed by atoms with van der Waals surface area (Å²) < 4.78 is 42.1. The molecule has 1 atom stereocenters. The van der Waals surface area contributed by atoms with Gasteiger partial charge in [0, 0.05) is 45.7 Å². The standard InChI is InChI=1S/C29H36F3N5O3/c1-18-4-5-21(29(30,31)32)12-19(18)14-33-15-26(38)34-22-16-37(17-22)23-8-10-28(40,11-9-23)20-6-7-24-25(13-20)36(3)27(39)35(24)2/h4-7,12-13,19,22-23,33,40H,1,8-11,14-17H2,2-3H3,(H,34,38). The van der Waals surface area contributed by atoms with Gasteiger partial charge in [-0.05, 0) is 49.0 Å². The van der Waals surface area contributed by atoms with Crippen LogP contribution < -0.4 is 16.3 Å². The van der Waals surface area contributed by atoms with Crippen LogP contribution in [0.5, 0.6) is 0 Å². The number of carbonyl (C=O) groups is 1. The van der Waals surface area contributed by atoms with Gasteiger partial charge in [-0.25, -0.2) is 4.79 Å². The Morgan fingerprint density at radius 2 is 1.80 bits per heavy atom. The van der Waals surface area contributed by atoms with Crippen LogP contribution in [-0.2, 0) is 24.5 Å². The van der Waals surface area contributed by atoms with Crippen molar-refractivity contribution in [2.75, 3.05) is 26.2 Å². The van der Waals surface area contributed by atoms with Gasteiger partial charge in [0.15, 0.2) is 0 Å². The Labute approximate surface area is 230 Å². The number of aryl methyl sites for hydroxylation is 2. The normalized spacial score (nSPS) is 26.1. The maximum atomic E-state index is 13.0. The van der Waals surface area contributed by atoms with Gasteiger partial charge in [-0.1, -0.05) is 30.9 Å². The molecule has 0 spiro atoms. The quantitative estimate of drug-likeness (QED) is 0.485. The number of nitrogens with zero attached hydrogens (tertiary/aromatic N) is 3. The fourth-order valence-corrected chi connectivity index (χ4v) is 6.13. The van der Waals surface area contributed by atoms with Crippen LogP contribution in [0, 0.1) is 5.92 Å². The van der Waals surface area contributed by atoms with Gasteiger partial charge in [0.25, 0.3) is 0 Å². The van der Waals surface area contributed by atoms with Crippen LogP contribution in [0.4, 0.5) is 13.2 Å². The van der Waals surface area contributed by atoms with Gasteiger partial charge in [-0.3, -0.25) is 18.8 Å². The average molecular weight is 560 g/mol. The number of amides is 1. The number of hydrogen-bond donors (Lipinski definition) is 3. The van der Waals surface area contributed by atoms with E-state index in [1.807, 2.05) is 18.2 Å². The number of aliphatic hydroxyl groups is 1. The van der Waals surface area contributed by atoms with Crippen molar-refractivity contribution in [3.8, 4) is 0 Å². The summed E-state index contributed by atoms with van der Waals surface area (Å²) in [5.74, 6) is -0.703. The Hall–Kier alpha value is -3.15. The lowest BCUT2D eigenvalue weighted by molar-refractivity contribution is -0.122. The third-order valence-electron chi connectivity index (χ3n) is 8.69. The first-order valence-electron chi connectivity index (χ1n) is 13.6. The first kappa shape index (κ1) is 28.4. The number of hydrogen-bond acceptors (Lipinski definition) is 5. The molecule has 0 radical (unpaired) electrons. The monoisotopic (exact) mass is 559 g/mol. The Morgan fingerprint density at radius 1 is 1.12 bits per heavy atom. The number of rotatable bonds is 7. The van der Waals surface area contributed by atoms with E-state index < -0.39 is 23.3 Å². The van der Waals surface area contributed by atoms with Crippen molar-refractivity contribution in [2.24, 2.45) is 20.0 Å². The van der Waals surface area contributed by atoms with Gasteiger partial charge in [-0.15, -0.1) is 0 Å². The number of imidazole rings is 1. The van der Waals surface area contributed by atoms with E-state index in [-0.39, 0.29) is 30.7 Å². The Morgan fingerprint density at radius 3 is 2.48 bits per heavy atom. The Bertz CT molecular complexity index is 1420. The molecule has 1 saturated carbocycles. The molecular formula is C29H36F3N5O3. The Balaban J connectivity index is 1.05. The van der Waals surface area contributed by atoms with E-state index in [9.17, 15) is 27.9 Å². The molecule has 1 aromatic heterocycles. The second kappa shape index (κ2) is 10.7. The first-order valence-corrected chi connectivity index (χ1v) is 13.6. The largest absolute Gasteiger partial charge is 0.416 e. The molecule has 2 aliphatic carbocycles. The number of alkyl halides is 3. The molecule has 2 heterocycles. The van der Waals surface area contributed by atoms with Crippen molar-refractivity contribution in [3.05, 3.63) is 70.2 Å².